The Morgan fingerprint density at radius 2 is 1.75 bits per heavy atom. The summed E-state index contributed by atoms with van der Waals surface area (Å²) in [6.45, 7) is 3.48. The molecule has 4 nitrogen and oxygen atoms in total. The van der Waals surface area contributed by atoms with E-state index < -0.39 is 10.0 Å². The maximum Gasteiger partial charge on any atom is 0.262 e. The van der Waals surface area contributed by atoms with Crippen molar-refractivity contribution in [1.82, 2.24) is 0 Å². The number of hydrogen-bond acceptors (Lipinski definition) is 3. The second kappa shape index (κ2) is 5.64. The summed E-state index contributed by atoms with van der Waals surface area (Å²) in [4.78, 5) is 0.100. The van der Waals surface area contributed by atoms with Crippen LogP contribution in [0.3, 0.4) is 0 Å². The van der Waals surface area contributed by atoms with Gasteiger partial charge in [0.05, 0.1) is 17.2 Å². The number of anilines is 1. The predicted molar refractivity (Wildman–Crippen MR) is 79.1 cm³/mol. The standard InChI is InChI=1S/C15H17NO3S/c1-11-6-5-8-14(12(11)2)16-20(18,19)15-9-4-3-7-13(15)10-17/h3-9,16-17H,10H2,1-2H3. The van der Waals surface area contributed by atoms with Crippen LogP contribution in [0.4, 0.5) is 5.69 Å². The first kappa shape index (κ1) is 14.6. The minimum atomic E-state index is -3.71. The fourth-order valence-corrected chi connectivity index (χ4v) is 3.31. The minimum Gasteiger partial charge on any atom is -0.392 e. The van der Waals surface area contributed by atoms with Gasteiger partial charge in [0.15, 0.2) is 0 Å². The highest BCUT2D eigenvalue weighted by molar-refractivity contribution is 7.92. The summed E-state index contributed by atoms with van der Waals surface area (Å²) < 4.78 is 27.4. The molecule has 0 spiro atoms. The number of benzene rings is 2. The van der Waals surface area contributed by atoms with E-state index in [-0.39, 0.29) is 11.5 Å². The lowest BCUT2D eigenvalue weighted by atomic mass is 10.1. The van der Waals surface area contributed by atoms with Gasteiger partial charge in [-0.3, -0.25) is 4.72 Å². The zero-order valence-corrected chi connectivity index (χ0v) is 12.2. The molecule has 2 rings (SSSR count). The number of aliphatic hydroxyl groups excluding tert-OH is 1. The van der Waals surface area contributed by atoms with Crippen LogP contribution < -0.4 is 4.72 Å². The number of aryl methyl sites for hydroxylation is 1. The summed E-state index contributed by atoms with van der Waals surface area (Å²) in [5.41, 5.74) is 2.83. The van der Waals surface area contributed by atoms with Crippen LogP contribution in [0.5, 0.6) is 0 Å². The molecule has 5 heteroatoms. The van der Waals surface area contributed by atoms with Crippen LogP contribution in [0.25, 0.3) is 0 Å². The molecule has 0 heterocycles. The first-order valence-electron chi connectivity index (χ1n) is 6.23. The van der Waals surface area contributed by atoms with Crippen molar-refractivity contribution in [3.8, 4) is 0 Å². The highest BCUT2D eigenvalue weighted by Crippen LogP contribution is 2.23. The molecule has 2 aromatic rings. The predicted octanol–water partition coefficient (Wildman–Crippen LogP) is 2.60. The summed E-state index contributed by atoms with van der Waals surface area (Å²) in [7, 11) is -3.71. The molecule has 0 fully saturated rings. The highest BCUT2D eigenvalue weighted by Gasteiger charge is 2.18. The normalized spacial score (nSPS) is 11.3. The molecule has 0 radical (unpaired) electrons. The molecule has 0 bridgehead atoms. The molecule has 0 saturated carbocycles. The minimum absolute atomic E-state index is 0.100. The van der Waals surface area contributed by atoms with Crippen LogP contribution in [0, 0.1) is 13.8 Å². The number of nitrogens with one attached hydrogen (secondary N) is 1. The summed E-state index contributed by atoms with van der Waals surface area (Å²) in [6.07, 6.45) is 0. The maximum absolute atomic E-state index is 12.4. The van der Waals surface area contributed by atoms with Crippen molar-refractivity contribution >= 4 is 15.7 Å². The molecule has 106 valence electrons. The van der Waals surface area contributed by atoms with Gasteiger partial charge >= 0.3 is 0 Å². The van der Waals surface area contributed by atoms with E-state index in [1.54, 1.807) is 30.3 Å². The van der Waals surface area contributed by atoms with Gasteiger partial charge in [-0.2, -0.15) is 0 Å². The fraction of sp³-hybridized carbons (Fsp3) is 0.200. The first-order valence-corrected chi connectivity index (χ1v) is 7.72. The summed E-state index contributed by atoms with van der Waals surface area (Å²) in [6, 6.07) is 11.9. The van der Waals surface area contributed by atoms with Gasteiger partial charge in [0.2, 0.25) is 0 Å². The highest BCUT2D eigenvalue weighted by atomic mass is 32.2. The van der Waals surface area contributed by atoms with Crippen LogP contribution in [0.1, 0.15) is 16.7 Å². The number of sulfonamides is 1. The lowest BCUT2D eigenvalue weighted by Crippen LogP contribution is -2.16. The topological polar surface area (TPSA) is 66.4 Å². The van der Waals surface area contributed by atoms with Gasteiger partial charge in [0.1, 0.15) is 0 Å². The average Bonchev–Trinajstić information content (AvgIpc) is 2.43. The molecule has 0 aromatic heterocycles. The smallest absolute Gasteiger partial charge is 0.262 e. The van der Waals surface area contributed by atoms with E-state index in [9.17, 15) is 13.5 Å². The molecule has 0 amide bonds. The van der Waals surface area contributed by atoms with Gasteiger partial charge in [0, 0.05) is 0 Å². The van der Waals surface area contributed by atoms with Crippen LogP contribution in [-0.4, -0.2) is 13.5 Å². The van der Waals surface area contributed by atoms with Crippen molar-refractivity contribution in [3.05, 3.63) is 59.2 Å². The molecule has 20 heavy (non-hydrogen) atoms. The average molecular weight is 291 g/mol. The Bertz CT molecular complexity index is 724. The van der Waals surface area contributed by atoms with Gasteiger partial charge in [-0.1, -0.05) is 30.3 Å². The Labute approximate surface area is 119 Å². The van der Waals surface area contributed by atoms with E-state index in [2.05, 4.69) is 4.72 Å². The van der Waals surface area contributed by atoms with Gasteiger partial charge < -0.3 is 5.11 Å². The van der Waals surface area contributed by atoms with E-state index in [4.69, 9.17) is 0 Å². The van der Waals surface area contributed by atoms with Crippen LogP contribution >= 0.6 is 0 Å². The SMILES string of the molecule is Cc1cccc(NS(=O)(=O)c2ccccc2CO)c1C. The fourth-order valence-electron chi connectivity index (χ4n) is 1.96. The van der Waals surface area contributed by atoms with E-state index in [0.717, 1.165) is 11.1 Å². The van der Waals surface area contributed by atoms with Crippen molar-refractivity contribution < 1.29 is 13.5 Å². The summed E-state index contributed by atoms with van der Waals surface area (Å²) >= 11 is 0. The monoisotopic (exact) mass is 291 g/mol. The van der Waals surface area contributed by atoms with Crippen molar-refractivity contribution in [2.24, 2.45) is 0 Å². The van der Waals surface area contributed by atoms with Gasteiger partial charge in [-0.25, -0.2) is 8.42 Å². The zero-order chi connectivity index (χ0) is 14.8. The quantitative estimate of drug-likeness (QED) is 0.910. The van der Waals surface area contributed by atoms with Crippen LogP contribution in [-0.2, 0) is 16.6 Å². The lowest BCUT2D eigenvalue weighted by molar-refractivity contribution is 0.278. The van der Waals surface area contributed by atoms with Crippen LogP contribution in [0.15, 0.2) is 47.4 Å². The Kier molecular flexibility index (Phi) is 4.11. The molecule has 0 aliphatic carbocycles. The molecule has 0 aliphatic heterocycles. The Balaban J connectivity index is 2.44. The Hall–Kier alpha value is -1.85. The summed E-state index contributed by atoms with van der Waals surface area (Å²) in [5, 5.41) is 9.25. The van der Waals surface area contributed by atoms with Gasteiger partial charge in [0.25, 0.3) is 10.0 Å². The molecule has 0 unspecified atom stereocenters. The molecular weight excluding hydrogens is 274 g/mol. The number of rotatable bonds is 4. The van der Waals surface area contributed by atoms with Gasteiger partial charge in [-0.15, -0.1) is 0 Å². The Morgan fingerprint density at radius 1 is 1.05 bits per heavy atom. The van der Waals surface area contributed by atoms with Crippen molar-refractivity contribution in [2.45, 2.75) is 25.3 Å². The van der Waals surface area contributed by atoms with E-state index >= 15 is 0 Å². The third-order valence-corrected chi connectivity index (χ3v) is 4.75. The maximum atomic E-state index is 12.4. The van der Waals surface area contributed by atoms with E-state index in [0.29, 0.717) is 11.3 Å². The molecule has 0 saturated heterocycles. The molecule has 0 atom stereocenters. The van der Waals surface area contributed by atoms with E-state index in [1.807, 2.05) is 19.9 Å². The van der Waals surface area contributed by atoms with Gasteiger partial charge in [-0.05, 0) is 42.7 Å². The molecule has 0 aliphatic rings. The molecular formula is C15H17NO3S. The van der Waals surface area contributed by atoms with E-state index in [1.165, 1.54) is 6.07 Å². The third-order valence-electron chi connectivity index (χ3n) is 3.28. The number of aliphatic hydroxyl groups is 1. The zero-order valence-electron chi connectivity index (χ0n) is 11.4. The number of hydrogen-bond donors (Lipinski definition) is 2. The molecule has 2 aromatic carbocycles. The van der Waals surface area contributed by atoms with Crippen molar-refractivity contribution in [1.29, 1.82) is 0 Å². The summed E-state index contributed by atoms with van der Waals surface area (Å²) in [5.74, 6) is 0. The van der Waals surface area contributed by atoms with Crippen LogP contribution in [0.2, 0.25) is 0 Å². The lowest BCUT2D eigenvalue weighted by Gasteiger charge is -2.13. The largest absolute Gasteiger partial charge is 0.392 e. The third kappa shape index (κ3) is 2.84. The second-order valence-electron chi connectivity index (χ2n) is 4.62. The second-order valence-corrected chi connectivity index (χ2v) is 6.27. The Morgan fingerprint density at radius 3 is 2.45 bits per heavy atom. The van der Waals surface area contributed by atoms with Crippen molar-refractivity contribution in [3.63, 3.8) is 0 Å². The van der Waals surface area contributed by atoms with Crippen molar-refractivity contribution in [2.75, 3.05) is 4.72 Å². The first-order chi connectivity index (χ1) is 9.45. The molecule has 2 N–H and O–H groups in total.